The number of aryl methyl sites for hydroxylation is 1. The second-order valence-corrected chi connectivity index (χ2v) is 6.25. The summed E-state index contributed by atoms with van der Waals surface area (Å²) in [5, 5.41) is 0. The van der Waals surface area contributed by atoms with Crippen LogP contribution < -0.4 is 5.73 Å². The van der Waals surface area contributed by atoms with Crippen LogP contribution in [0.2, 0.25) is 0 Å². The van der Waals surface area contributed by atoms with Crippen LogP contribution in [0.25, 0.3) is 28.0 Å². The number of nitrogens with two attached hydrogens (primary N) is 1. The molecular formula is C22H21N3. The third-order valence-electron chi connectivity index (χ3n) is 4.58. The van der Waals surface area contributed by atoms with E-state index in [9.17, 15) is 0 Å². The Balaban J connectivity index is 1.82. The van der Waals surface area contributed by atoms with E-state index in [1.54, 1.807) is 0 Å². The molecule has 0 unspecified atom stereocenters. The largest absolute Gasteiger partial charge is 0.330 e. The minimum Gasteiger partial charge on any atom is -0.330 e. The highest BCUT2D eigenvalue weighted by Crippen LogP contribution is 2.28. The van der Waals surface area contributed by atoms with Gasteiger partial charge >= 0.3 is 0 Å². The standard InChI is InChI=1S/C22H21N3/c1-16-6-5-9-21-24-22(20(14-15-23)25(16)21)19-12-10-18(11-13-19)17-7-3-2-4-8-17/h2-13H,14-15,23H2,1H3. The molecule has 0 saturated heterocycles. The van der Waals surface area contributed by atoms with Crippen molar-refractivity contribution in [1.29, 1.82) is 0 Å². The number of benzene rings is 2. The van der Waals surface area contributed by atoms with Crippen LogP contribution in [0.3, 0.4) is 0 Å². The first-order valence-corrected chi connectivity index (χ1v) is 8.61. The highest BCUT2D eigenvalue weighted by Gasteiger charge is 2.14. The second-order valence-electron chi connectivity index (χ2n) is 6.25. The van der Waals surface area contributed by atoms with Gasteiger partial charge in [0.05, 0.1) is 11.4 Å². The first-order valence-electron chi connectivity index (χ1n) is 8.61. The van der Waals surface area contributed by atoms with Crippen molar-refractivity contribution in [3.8, 4) is 22.4 Å². The molecule has 4 rings (SSSR count). The topological polar surface area (TPSA) is 43.3 Å². The fourth-order valence-electron chi connectivity index (χ4n) is 3.38. The van der Waals surface area contributed by atoms with Gasteiger partial charge in [0.2, 0.25) is 0 Å². The summed E-state index contributed by atoms with van der Waals surface area (Å²) in [5.41, 5.74) is 13.8. The SMILES string of the molecule is Cc1cccc2nc(-c3ccc(-c4ccccc4)cc3)c(CCN)n12. The van der Waals surface area contributed by atoms with Gasteiger partial charge in [-0.3, -0.25) is 0 Å². The minimum absolute atomic E-state index is 0.608. The number of nitrogens with zero attached hydrogens (tertiary/aromatic N) is 2. The second kappa shape index (κ2) is 6.54. The fraction of sp³-hybridized carbons (Fsp3) is 0.136. The number of hydrogen-bond donors (Lipinski definition) is 1. The number of aromatic nitrogens is 2. The van der Waals surface area contributed by atoms with Crippen LogP contribution >= 0.6 is 0 Å². The maximum atomic E-state index is 5.87. The zero-order chi connectivity index (χ0) is 17.2. The molecule has 0 saturated carbocycles. The summed E-state index contributed by atoms with van der Waals surface area (Å²) in [6.45, 7) is 2.72. The maximum absolute atomic E-state index is 5.87. The summed E-state index contributed by atoms with van der Waals surface area (Å²) >= 11 is 0. The Morgan fingerprint density at radius 3 is 2.20 bits per heavy atom. The minimum atomic E-state index is 0.608. The lowest BCUT2D eigenvalue weighted by molar-refractivity contribution is 0.892. The van der Waals surface area contributed by atoms with E-state index in [1.165, 1.54) is 22.5 Å². The van der Waals surface area contributed by atoms with E-state index in [2.05, 4.69) is 72.0 Å². The number of rotatable bonds is 4. The van der Waals surface area contributed by atoms with Gasteiger partial charge in [-0.1, -0.05) is 60.7 Å². The summed E-state index contributed by atoms with van der Waals surface area (Å²) in [6.07, 6.45) is 0.807. The van der Waals surface area contributed by atoms with Crippen molar-refractivity contribution in [2.24, 2.45) is 5.73 Å². The first-order chi connectivity index (χ1) is 12.3. The number of fused-ring (bicyclic) bond motifs is 1. The molecule has 0 atom stereocenters. The molecular weight excluding hydrogens is 306 g/mol. The smallest absolute Gasteiger partial charge is 0.137 e. The van der Waals surface area contributed by atoms with Crippen LogP contribution in [-0.4, -0.2) is 15.9 Å². The monoisotopic (exact) mass is 327 g/mol. The van der Waals surface area contributed by atoms with Gasteiger partial charge in [-0.15, -0.1) is 0 Å². The summed E-state index contributed by atoms with van der Waals surface area (Å²) < 4.78 is 2.22. The van der Waals surface area contributed by atoms with Gasteiger partial charge in [0, 0.05) is 17.7 Å². The quantitative estimate of drug-likeness (QED) is 0.600. The molecule has 0 radical (unpaired) electrons. The van der Waals surface area contributed by atoms with E-state index in [1.807, 2.05) is 12.1 Å². The zero-order valence-electron chi connectivity index (χ0n) is 14.3. The van der Waals surface area contributed by atoms with Crippen LogP contribution in [-0.2, 0) is 6.42 Å². The summed E-state index contributed by atoms with van der Waals surface area (Å²) in [6, 6.07) is 25.3. The van der Waals surface area contributed by atoms with E-state index in [4.69, 9.17) is 10.7 Å². The van der Waals surface area contributed by atoms with Gasteiger partial charge in [-0.05, 0) is 36.7 Å². The Morgan fingerprint density at radius 1 is 0.800 bits per heavy atom. The predicted octanol–water partition coefficient (Wildman–Crippen LogP) is 4.48. The van der Waals surface area contributed by atoms with Gasteiger partial charge in [-0.2, -0.15) is 0 Å². The molecule has 0 aliphatic heterocycles. The molecule has 0 aliphatic carbocycles. The molecule has 124 valence electrons. The van der Waals surface area contributed by atoms with Gasteiger partial charge in [0.15, 0.2) is 0 Å². The molecule has 3 nitrogen and oxygen atoms in total. The first kappa shape index (κ1) is 15.6. The highest BCUT2D eigenvalue weighted by molar-refractivity contribution is 5.71. The third-order valence-corrected chi connectivity index (χ3v) is 4.58. The Morgan fingerprint density at radius 2 is 1.48 bits per heavy atom. The van der Waals surface area contributed by atoms with Crippen molar-refractivity contribution >= 4 is 5.65 Å². The molecule has 0 fully saturated rings. The van der Waals surface area contributed by atoms with Crippen molar-refractivity contribution in [2.45, 2.75) is 13.3 Å². The molecule has 2 aromatic carbocycles. The van der Waals surface area contributed by atoms with Gasteiger partial charge in [-0.25, -0.2) is 4.98 Å². The number of pyridine rings is 1. The normalized spacial score (nSPS) is 11.1. The fourth-order valence-corrected chi connectivity index (χ4v) is 3.38. The summed E-state index contributed by atoms with van der Waals surface area (Å²) in [5.74, 6) is 0. The summed E-state index contributed by atoms with van der Waals surface area (Å²) in [7, 11) is 0. The van der Waals surface area contributed by atoms with Crippen molar-refractivity contribution in [2.75, 3.05) is 6.54 Å². The maximum Gasteiger partial charge on any atom is 0.137 e. The summed E-state index contributed by atoms with van der Waals surface area (Å²) in [4.78, 5) is 4.87. The lowest BCUT2D eigenvalue weighted by atomic mass is 10.0. The third kappa shape index (κ3) is 2.83. The number of hydrogen-bond acceptors (Lipinski definition) is 2. The highest BCUT2D eigenvalue weighted by atomic mass is 15.0. The van der Waals surface area contributed by atoms with E-state index in [0.717, 1.165) is 23.3 Å². The molecule has 25 heavy (non-hydrogen) atoms. The van der Waals surface area contributed by atoms with Gasteiger partial charge < -0.3 is 10.1 Å². The van der Waals surface area contributed by atoms with Crippen LogP contribution in [0.4, 0.5) is 0 Å². The van der Waals surface area contributed by atoms with Crippen LogP contribution in [0.15, 0.2) is 72.8 Å². The van der Waals surface area contributed by atoms with Crippen molar-refractivity contribution < 1.29 is 0 Å². The Kier molecular flexibility index (Phi) is 4.08. The molecule has 0 aliphatic rings. The number of imidazole rings is 1. The van der Waals surface area contributed by atoms with E-state index >= 15 is 0 Å². The Labute approximate surface area is 147 Å². The van der Waals surface area contributed by atoms with Gasteiger partial charge in [0.25, 0.3) is 0 Å². The predicted molar refractivity (Wildman–Crippen MR) is 104 cm³/mol. The van der Waals surface area contributed by atoms with Crippen LogP contribution in [0.5, 0.6) is 0 Å². The van der Waals surface area contributed by atoms with E-state index < -0.39 is 0 Å². The van der Waals surface area contributed by atoms with Crippen molar-refractivity contribution in [3.63, 3.8) is 0 Å². The molecule has 0 amide bonds. The lowest BCUT2D eigenvalue weighted by Crippen LogP contribution is -2.07. The molecule has 4 aromatic rings. The lowest BCUT2D eigenvalue weighted by Gasteiger charge is -2.07. The molecule has 2 heterocycles. The van der Waals surface area contributed by atoms with E-state index in [-0.39, 0.29) is 0 Å². The molecule has 2 aromatic heterocycles. The molecule has 3 heteroatoms. The van der Waals surface area contributed by atoms with Crippen molar-refractivity contribution in [3.05, 3.63) is 84.2 Å². The molecule has 0 spiro atoms. The zero-order valence-corrected chi connectivity index (χ0v) is 14.3. The molecule has 0 bridgehead atoms. The van der Waals surface area contributed by atoms with Crippen molar-refractivity contribution in [1.82, 2.24) is 9.38 Å². The van der Waals surface area contributed by atoms with Gasteiger partial charge in [0.1, 0.15) is 5.65 Å². The van der Waals surface area contributed by atoms with Crippen LogP contribution in [0, 0.1) is 6.92 Å². The van der Waals surface area contributed by atoms with E-state index in [0.29, 0.717) is 6.54 Å². The Bertz CT molecular complexity index is 999. The molecule has 2 N–H and O–H groups in total. The van der Waals surface area contributed by atoms with Crippen LogP contribution in [0.1, 0.15) is 11.4 Å². The average molecular weight is 327 g/mol. The average Bonchev–Trinajstić information content (AvgIpc) is 3.03. The Hall–Kier alpha value is -2.91.